The lowest BCUT2D eigenvalue weighted by atomic mass is 10.1. The number of thioether (sulfide) groups is 1. The average Bonchev–Trinajstić information content (AvgIpc) is 2.87. The van der Waals surface area contributed by atoms with Crippen LogP contribution in [0.3, 0.4) is 0 Å². The van der Waals surface area contributed by atoms with E-state index in [0.29, 0.717) is 16.4 Å². The summed E-state index contributed by atoms with van der Waals surface area (Å²) in [6.45, 7) is 0. The first-order valence-corrected chi connectivity index (χ1v) is 7.50. The van der Waals surface area contributed by atoms with Gasteiger partial charge in [0.15, 0.2) is 0 Å². The maximum atomic E-state index is 12.3. The Morgan fingerprint density at radius 1 is 1.30 bits per heavy atom. The van der Waals surface area contributed by atoms with Gasteiger partial charge in [0.2, 0.25) is 5.91 Å². The lowest BCUT2D eigenvalue weighted by molar-refractivity contribution is -0.115. The van der Waals surface area contributed by atoms with Crippen LogP contribution in [0.5, 0.6) is 0 Å². The fourth-order valence-electron chi connectivity index (χ4n) is 2.18. The van der Waals surface area contributed by atoms with E-state index in [4.69, 9.17) is 17.3 Å². The van der Waals surface area contributed by atoms with Crippen molar-refractivity contribution in [2.45, 2.75) is 16.6 Å². The lowest BCUT2D eigenvalue weighted by Gasteiger charge is -2.11. The summed E-state index contributed by atoms with van der Waals surface area (Å²) in [5.41, 5.74) is 8.07. The molecule has 3 N–H and O–H groups in total. The quantitative estimate of drug-likeness (QED) is 0.834. The first-order valence-electron chi connectivity index (χ1n) is 6.24. The molecule has 0 saturated carbocycles. The fraction of sp³-hybridized carbons (Fsp3) is 0.133. The van der Waals surface area contributed by atoms with Crippen LogP contribution in [0.4, 0.5) is 11.4 Å². The SMILES string of the molecule is Nc1ccc(Cl)c(NC(=O)C2Cc3ccccc3S2)c1. The van der Waals surface area contributed by atoms with Crippen molar-refractivity contribution >= 4 is 40.6 Å². The highest BCUT2D eigenvalue weighted by Crippen LogP contribution is 2.37. The van der Waals surface area contributed by atoms with Crippen LogP contribution < -0.4 is 11.1 Å². The molecule has 1 aliphatic heterocycles. The highest BCUT2D eigenvalue weighted by Gasteiger charge is 2.28. The average molecular weight is 305 g/mol. The zero-order chi connectivity index (χ0) is 14.1. The van der Waals surface area contributed by atoms with Gasteiger partial charge in [-0.2, -0.15) is 0 Å². The van der Waals surface area contributed by atoms with E-state index in [1.165, 1.54) is 10.5 Å². The molecular formula is C15H13ClN2OS. The van der Waals surface area contributed by atoms with Gasteiger partial charge < -0.3 is 11.1 Å². The molecule has 1 amide bonds. The number of fused-ring (bicyclic) bond motifs is 1. The third-order valence-electron chi connectivity index (χ3n) is 3.19. The highest BCUT2D eigenvalue weighted by molar-refractivity contribution is 8.01. The fourth-order valence-corrected chi connectivity index (χ4v) is 3.54. The van der Waals surface area contributed by atoms with E-state index in [9.17, 15) is 4.79 Å². The van der Waals surface area contributed by atoms with Gasteiger partial charge in [-0.05, 0) is 36.2 Å². The predicted molar refractivity (Wildman–Crippen MR) is 84.3 cm³/mol. The molecule has 0 fully saturated rings. The largest absolute Gasteiger partial charge is 0.399 e. The Balaban J connectivity index is 1.74. The highest BCUT2D eigenvalue weighted by atomic mass is 35.5. The number of rotatable bonds is 2. The van der Waals surface area contributed by atoms with Crippen molar-refractivity contribution in [1.82, 2.24) is 0 Å². The molecular weight excluding hydrogens is 292 g/mol. The van der Waals surface area contributed by atoms with Crippen molar-refractivity contribution in [3.8, 4) is 0 Å². The summed E-state index contributed by atoms with van der Waals surface area (Å²) in [6, 6.07) is 13.1. The molecule has 3 rings (SSSR count). The molecule has 0 spiro atoms. The molecule has 2 aromatic carbocycles. The molecule has 2 aromatic rings. The van der Waals surface area contributed by atoms with Gasteiger partial charge in [0.1, 0.15) is 0 Å². The van der Waals surface area contributed by atoms with E-state index in [0.717, 1.165) is 6.42 Å². The molecule has 5 heteroatoms. The molecule has 0 aliphatic carbocycles. The van der Waals surface area contributed by atoms with E-state index < -0.39 is 0 Å². The van der Waals surface area contributed by atoms with Gasteiger partial charge in [0.25, 0.3) is 0 Å². The second-order valence-electron chi connectivity index (χ2n) is 4.65. The van der Waals surface area contributed by atoms with E-state index >= 15 is 0 Å². The number of nitrogens with one attached hydrogen (secondary N) is 1. The number of benzene rings is 2. The van der Waals surface area contributed by atoms with Crippen LogP contribution in [0, 0.1) is 0 Å². The summed E-state index contributed by atoms with van der Waals surface area (Å²) >= 11 is 7.65. The lowest BCUT2D eigenvalue weighted by Crippen LogP contribution is -2.24. The van der Waals surface area contributed by atoms with E-state index in [1.807, 2.05) is 18.2 Å². The number of nitrogens with two attached hydrogens (primary N) is 1. The second-order valence-corrected chi connectivity index (χ2v) is 6.30. The first kappa shape index (κ1) is 13.3. The Hall–Kier alpha value is -1.65. The summed E-state index contributed by atoms with van der Waals surface area (Å²) in [5.74, 6) is -0.0429. The van der Waals surface area contributed by atoms with Crippen LogP contribution in [0.15, 0.2) is 47.4 Å². The molecule has 1 aliphatic rings. The molecule has 102 valence electrons. The summed E-state index contributed by atoms with van der Waals surface area (Å²) < 4.78 is 0. The van der Waals surface area contributed by atoms with Crippen LogP contribution in [-0.2, 0) is 11.2 Å². The Morgan fingerprint density at radius 2 is 2.10 bits per heavy atom. The van der Waals surface area contributed by atoms with Gasteiger partial charge >= 0.3 is 0 Å². The summed E-state index contributed by atoms with van der Waals surface area (Å²) in [7, 11) is 0. The van der Waals surface area contributed by atoms with Crippen LogP contribution in [0.2, 0.25) is 5.02 Å². The van der Waals surface area contributed by atoms with Crippen LogP contribution in [0.25, 0.3) is 0 Å². The Labute approximate surface area is 126 Å². The zero-order valence-corrected chi connectivity index (χ0v) is 12.2. The molecule has 20 heavy (non-hydrogen) atoms. The summed E-state index contributed by atoms with van der Waals surface area (Å²) in [4.78, 5) is 13.5. The van der Waals surface area contributed by atoms with Crippen molar-refractivity contribution in [3.05, 3.63) is 53.1 Å². The standard InChI is InChI=1S/C15H13ClN2OS/c16-11-6-5-10(17)8-12(11)18-15(19)14-7-9-3-1-2-4-13(9)20-14/h1-6,8,14H,7,17H2,(H,18,19). The number of halogens is 1. The number of hydrogen-bond donors (Lipinski definition) is 2. The van der Waals surface area contributed by atoms with Gasteiger partial charge in [0.05, 0.1) is 16.0 Å². The third kappa shape index (κ3) is 2.62. The number of amides is 1. The van der Waals surface area contributed by atoms with Crippen LogP contribution >= 0.6 is 23.4 Å². The van der Waals surface area contributed by atoms with Gasteiger partial charge in [-0.15, -0.1) is 11.8 Å². The second kappa shape index (κ2) is 5.38. The van der Waals surface area contributed by atoms with Gasteiger partial charge in [0, 0.05) is 10.6 Å². The summed E-state index contributed by atoms with van der Waals surface area (Å²) in [6.07, 6.45) is 0.743. The smallest absolute Gasteiger partial charge is 0.238 e. The number of nitrogen functional groups attached to an aromatic ring is 1. The molecule has 1 heterocycles. The number of anilines is 2. The normalized spacial score (nSPS) is 16.8. The first-order chi connectivity index (χ1) is 9.63. The predicted octanol–water partition coefficient (Wildman–Crippen LogP) is 3.58. The molecule has 0 aromatic heterocycles. The minimum absolute atomic E-state index is 0.0429. The maximum absolute atomic E-state index is 12.3. The van der Waals surface area contributed by atoms with Gasteiger partial charge in [-0.1, -0.05) is 29.8 Å². The minimum atomic E-state index is -0.120. The van der Waals surface area contributed by atoms with Crippen molar-refractivity contribution < 1.29 is 4.79 Å². The van der Waals surface area contributed by atoms with Gasteiger partial charge in [-0.3, -0.25) is 4.79 Å². The van der Waals surface area contributed by atoms with E-state index in [-0.39, 0.29) is 11.2 Å². The van der Waals surface area contributed by atoms with Crippen LogP contribution in [-0.4, -0.2) is 11.2 Å². The van der Waals surface area contributed by atoms with Gasteiger partial charge in [-0.25, -0.2) is 0 Å². The molecule has 1 unspecified atom stereocenters. The molecule has 0 saturated heterocycles. The Kier molecular flexibility index (Phi) is 3.59. The summed E-state index contributed by atoms with van der Waals surface area (Å²) in [5, 5.41) is 3.23. The van der Waals surface area contributed by atoms with Crippen molar-refractivity contribution in [2.75, 3.05) is 11.1 Å². The molecule has 1 atom stereocenters. The number of hydrogen-bond acceptors (Lipinski definition) is 3. The van der Waals surface area contributed by atoms with Crippen molar-refractivity contribution in [1.29, 1.82) is 0 Å². The molecule has 0 bridgehead atoms. The van der Waals surface area contributed by atoms with Crippen molar-refractivity contribution in [2.24, 2.45) is 0 Å². The Bertz CT molecular complexity index is 650. The molecule has 0 radical (unpaired) electrons. The third-order valence-corrected chi connectivity index (χ3v) is 4.83. The number of carbonyl (C=O) groups excluding carboxylic acids is 1. The molecule has 3 nitrogen and oxygen atoms in total. The van der Waals surface area contributed by atoms with E-state index in [1.54, 1.807) is 30.0 Å². The Morgan fingerprint density at radius 3 is 2.90 bits per heavy atom. The van der Waals surface area contributed by atoms with Crippen LogP contribution in [0.1, 0.15) is 5.56 Å². The maximum Gasteiger partial charge on any atom is 0.238 e. The zero-order valence-electron chi connectivity index (χ0n) is 10.6. The monoisotopic (exact) mass is 304 g/mol. The van der Waals surface area contributed by atoms with Crippen molar-refractivity contribution in [3.63, 3.8) is 0 Å². The van der Waals surface area contributed by atoms with E-state index in [2.05, 4.69) is 11.4 Å². The minimum Gasteiger partial charge on any atom is -0.399 e. The topological polar surface area (TPSA) is 55.1 Å². The number of carbonyl (C=O) groups is 1.